The van der Waals surface area contributed by atoms with E-state index in [-0.39, 0.29) is 50.0 Å². The van der Waals surface area contributed by atoms with Gasteiger partial charge in [0.25, 0.3) is 0 Å². The van der Waals surface area contributed by atoms with Crippen LogP contribution in [0.1, 0.15) is 14.3 Å². The van der Waals surface area contributed by atoms with Crippen LogP contribution in [0.25, 0.3) is 0 Å². The van der Waals surface area contributed by atoms with E-state index in [4.69, 9.17) is 9.84 Å². The Balaban J connectivity index is 0. The summed E-state index contributed by atoms with van der Waals surface area (Å²) >= 11 is 0. The third kappa shape index (κ3) is 5.40. The molecule has 14 heavy (non-hydrogen) atoms. The van der Waals surface area contributed by atoms with E-state index in [0.29, 0.717) is 12.2 Å². The van der Waals surface area contributed by atoms with Crippen LogP contribution in [0.2, 0.25) is 0 Å². The van der Waals surface area contributed by atoms with Gasteiger partial charge in [-0.1, -0.05) is 18.2 Å². The maximum Gasteiger partial charge on any atom is 1.00 e. The minimum atomic E-state index is -0.305. The number of carbonyl (C=O) groups excluding carboxylic acids is 1. The van der Waals surface area contributed by atoms with Gasteiger partial charge in [0.05, 0.1) is 0 Å². The Morgan fingerprint density at radius 2 is 2.00 bits per heavy atom. The van der Waals surface area contributed by atoms with Gasteiger partial charge in [-0.25, -0.2) is 0 Å². The van der Waals surface area contributed by atoms with Crippen molar-refractivity contribution in [2.45, 2.75) is 12.8 Å². The number of rotatable bonds is 4. The van der Waals surface area contributed by atoms with Crippen LogP contribution in [-0.4, -0.2) is 17.7 Å². The van der Waals surface area contributed by atoms with Crippen LogP contribution in [0.3, 0.4) is 0 Å². The molecule has 0 saturated carbocycles. The number of benzene rings is 1. The standard InChI is InChI=1S/C10H12O3.Na.H/c11-8-4-7-10(12)13-9-5-2-1-3-6-9;;/h1-3,5-6,11H,4,7-8H2;;/q;+1;-1. The molecule has 0 atom stereocenters. The Morgan fingerprint density at radius 3 is 2.57 bits per heavy atom. The molecule has 1 N–H and O–H groups in total. The van der Waals surface area contributed by atoms with E-state index in [1.54, 1.807) is 24.3 Å². The third-order valence-electron chi connectivity index (χ3n) is 1.51. The molecule has 0 heterocycles. The Hall–Kier alpha value is -0.350. The molecule has 1 aromatic rings. The molecule has 0 saturated heterocycles. The zero-order valence-corrected chi connectivity index (χ0v) is 10.3. The van der Waals surface area contributed by atoms with Crippen molar-refractivity contribution < 1.29 is 45.6 Å². The van der Waals surface area contributed by atoms with Gasteiger partial charge in [-0.05, 0) is 18.6 Å². The van der Waals surface area contributed by atoms with E-state index in [1.165, 1.54) is 0 Å². The van der Waals surface area contributed by atoms with Crippen molar-refractivity contribution >= 4 is 5.97 Å². The number of para-hydroxylation sites is 1. The first-order valence-corrected chi connectivity index (χ1v) is 4.19. The van der Waals surface area contributed by atoms with Crippen molar-refractivity contribution in [3.8, 4) is 5.75 Å². The molecule has 1 rings (SSSR count). The summed E-state index contributed by atoms with van der Waals surface area (Å²) in [7, 11) is 0. The van der Waals surface area contributed by atoms with Gasteiger partial charge >= 0.3 is 35.5 Å². The molecule has 72 valence electrons. The van der Waals surface area contributed by atoms with E-state index in [9.17, 15) is 4.79 Å². The van der Waals surface area contributed by atoms with E-state index in [0.717, 1.165) is 0 Å². The Bertz CT molecular complexity index is 267. The zero-order chi connectivity index (χ0) is 9.52. The van der Waals surface area contributed by atoms with Gasteiger partial charge in [0.2, 0.25) is 0 Å². The van der Waals surface area contributed by atoms with Crippen LogP contribution in [0.4, 0.5) is 0 Å². The maximum atomic E-state index is 11.0. The summed E-state index contributed by atoms with van der Waals surface area (Å²) in [4.78, 5) is 11.0. The molecule has 0 amide bonds. The second-order valence-corrected chi connectivity index (χ2v) is 2.61. The molecular formula is C10H13NaO3. The monoisotopic (exact) mass is 204 g/mol. The van der Waals surface area contributed by atoms with Crippen LogP contribution >= 0.6 is 0 Å². The van der Waals surface area contributed by atoms with Crippen molar-refractivity contribution in [1.29, 1.82) is 0 Å². The summed E-state index contributed by atoms with van der Waals surface area (Å²) in [5, 5.41) is 8.47. The number of aliphatic hydroxyl groups excluding tert-OH is 1. The van der Waals surface area contributed by atoms with Crippen molar-refractivity contribution in [2.24, 2.45) is 0 Å². The molecule has 0 aromatic heterocycles. The summed E-state index contributed by atoms with van der Waals surface area (Å²) in [6.07, 6.45) is 0.705. The van der Waals surface area contributed by atoms with Gasteiger partial charge in [-0.15, -0.1) is 0 Å². The fourth-order valence-corrected chi connectivity index (χ4v) is 0.894. The van der Waals surface area contributed by atoms with Gasteiger partial charge in [0.1, 0.15) is 5.75 Å². The number of esters is 1. The Labute approximate surface area is 107 Å². The van der Waals surface area contributed by atoms with E-state index in [2.05, 4.69) is 0 Å². The zero-order valence-electron chi connectivity index (χ0n) is 9.27. The topological polar surface area (TPSA) is 46.5 Å². The maximum absolute atomic E-state index is 11.0. The summed E-state index contributed by atoms with van der Waals surface area (Å²) in [5.74, 6) is 0.241. The number of aliphatic hydroxyl groups is 1. The summed E-state index contributed by atoms with van der Waals surface area (Å²) in [6.45, 7) is 0.0177. The van der Waals surface area contributed by atoms with Crippen LogP contribution < -0.4 is 34.3 Å². The van der Waals surface area contributed by atoms with E-state index in [1.807, 2.05) is 6.07 Å². The molecular weight excluding hydrogens is 191 g/mol. The van der Waals surface area contributed by atoms with Gasteiger partial charge in [-0.3, -0.25) is 4.79 Å². The van der Waals surface area contributed by atoms with Gasteiger partial charge in [0.15, 0.2) is 0 Å². The Morgan fingerprint density at radius 1 is 1.36 bits per heavy atom. The molecule has 0 aliphatic carbocycles. The van der Waals surface area contributed by atoms with Crippen molar-refractivity contribution in [2.75, 3.05) is 6.61 Å². The van der Waals surface area contributed by atoms with E-state index >= 15 is 0 Å². The van der Waals surface area contributed by atoms with Crippen molar-refractivity contribution in [1.82, 2.24) is 0 Å². The van der Waals surface area contributed by atoms with Crippen LogP contribution in [0.5, 0.6) is 5.75 Å². The first-order valence-electron chi connectivity index (χ1n) is 4.19. The second kappa shape index (κ2) is 8.00. The van der Waals surface area contributed by atoms with Crippen molar-refractivity contribution in [3.63, 3.8) is 0 Å². The first-order chi connectivity index (χ1) is 6.33. The average Bonchev–Trinajstić information content (AvgIpc) is 2.16. The van der Waals surface area contributed by atoms with Gasteiger partial charge < -0.3 is 11.3 Å². The van der Waals surface area contributed by atoms with Gasteiger partial charge in [0, 0.05) is 13.0 Å². The van der Waals surface area contributed by atoms with Crippen molar-refractivity contribution in [3.05, 3.63) is 30.3 Å². The molecule has 0 radical (unpaired) electrons. The fourth-order valence-electron chi connectivity index (χ4n) is 0.894. The largest absolute Gasteiger partial charge is 1.00 e. The molecule has 3 nitrogen and oxygen atoms in total. The number of hydrogen-bond acceptors (Lipinski definition) is 3. The molecule has 0 bridgehead atoms. The number of hydrogen-bond donors (Lipinski definition) is 1. The predicted molar refractivity (Wildman–Crippen MR) is 49.5 cm³/mol. The minimum Gasteiger partial charge on any atom is -1.00 e. The second-order valence-electron chi connectivity index (χ2n) is 2.61. The van der Waals surface area contributed by atoms with Crippen LogP contribution in [-0.2, 0) is 4.79 Å². The SMILES string of the molecule is O=C(CCCO)Oc1ccccc1.[H-].[Na+]. The van der Waals surface area contributed by atoms with E-state index < -0.39 is 0 Å². The molecule has 0 aliphatic rings. The molecule has 0 aliphatic heterocycles. The number of carbonyl (C=O) groups is 1. The normalized spacial score (nSPS) is 8.93. The summed E-state index contributed by atoms with van der Waals surface area (Å²) in [6, 6.07) is 8.89. The van der Waals surface area contributed by atoms with Gasteiger partial charge in [-0.2, -0.15) is 0 Å². The molecule has 0 spiro atoms. The molecule has 0 unspecified atom stereocenters. The number of ether oxygens (including phenoxy) is 1. The smallest absolute Gasteiger partial charge is 1.00 e. The third-order valence-corrected chi connectivity index (χ3v) is 1.51. The van der Waals surface area contributed by atoms with Crippen LogP contribution in [0, 0.1) is 0 Å². The summed E-state index contributed by atoms with van der Waals surface area (Å²) < 4.78 is 4.97. The van der Waals surface area contributed by atoms with Crippen LogP contribution in [0.15, 0.2) is 30.3 Å². The Kier molecular flexibility index (Phi) is 7.80. The predicted octanol–water partition coefficient (Wildman–Crippen LogP) is -1.52. The average molecular weight is 204 g/mol. The minimum absolute atomic E-state index is 0. The molecule has 0 fully saturated rings. The quantitative estimate of drug-likeness (QED) is 0.368. The first kappa shape index (κ1) is 13.7. The fraction of sp³-hybridized carbons (Fsp3) is 0.300. The molecule has 4 heteroatoms. The molecule has 1 aromatic carbocycles. The summed E-state index contributed by atoms with van der Waals surface area (Å²) in [5.41, 5.74) is 0.